The van der Waals surface area contributed by atoms with Crippen molar-refractivity contribution in [1.82, 2.24) is 9.88 Å². The second-order valence-corrected chi connectivity index (χ2v) is 7.50. The van der Waals surface area contributed by atoms with Crippen molar-refractivity contribution in [3.05, 3.63) is 45.4 Å². The molecule has 0 N–H and O–H groups in total. The summed E-state index contributed by atoms with van der Waals surface area (Å²) in [5.74, 6) is 1.39. The van der Waals surface area contributed by atoms with E-state index < -0.39 is 0 Å². The average Bonchev–Trinajstić information content (AvgIpc) is 2.95. The molecule has 0 saturated carbocycles. The van der Waals surface area contributed by atoms with Crippen LogP contribution < -0.4 is 4.74 Å². The van der Waals surface area contributed by atoms with Crippen LogP contribution in [0.1, 0.15) is 42.6 Å². The first-order valence-corrected chi connectivity index (χ1v) is 9.12. The van der Waals surface area contributed by atoms with Gasteiger partial charge in [0.05, 0.1) is 12.2 Å². The molecule has 0 aliphatic carbocycles. The van der Waals surface area contributed by atoms with Gasteiger partial charge >= 0.3 is 0 Å². The Labute approximate surface area is 148 Å². The molecule has 1 aromatic carbocycles. The van der Waals surface area contributed by atoms with Crippen molar-refractivity contribution in [3.63, 3.8) is 0 Å². The maximum absolute atomic E-state index is 11.7. The Morgan fingerprint density at radius 2 is 2.04 bits per heavy atom. The highest BCUT2D eigenvalue weighted by molar-refractivity contribution is 7.09. The number of rotatable bonds is 7. The SMILES string of the molecule is CC(=O)N(Cc1csc(COc2ccc(C)c(C)c2)n1)CC(C)C. The molecule has 5 heteroatoms. The molecule has 1 heterocycles. The maximum Gasteiger partial charge on any atom is 0.219 e. The summed E-state index contributed by atoms with van der Waals surface area (Å²) in [7, 11) is 0. The molecular formula is C19H26N2O2S. The van der Waals surface area contributed by atoms with Crippen LogP contribution in [0.15, 0.2) is 23.6 Å². The minimum absolute atomic E-state index is 0.0876. The number of carbonyl (C=O) groups excluding carboxylic acids is 1. The van der Waals surface area contributed by atoms with E-state index in [2.05, 4.69) is 38.7 Å². The number of aromatic nitrogens is 1. The summed E-state index contributed by atoms with van der Waals surface area (Å²) in [5.41, 5.74) is 3.40. The second kappa shape index (κ2) is 8.29. The zero-order valence-corrected chi connectivity index (χ0v) is 15.9. The van der Waals surface area contributed by atoms with Gasteiger partial charge in [0.15, 0.2) is 0 Å². The maximum atomic E-state index is 11.7. The van der Waals surface area contributed by atoms with Crippen LogP contribution >= 0.6 is 11.3 Å². The lowest BCUT2D eigenvalue weighted by molar-refractivity contribution is -0.130. The molecule has 0 aliphatic heterocycles. The first-order chi connectivity index (χ1) is 11.3. The summed E-state index contributed by atoms with van der Waals surface area (Å²) in [4.78, 5) is 18.2. The van der Waals surface area contributed by atoms with Crippen molar-refractivity contribution in [1.29, 1.82) is 0 Å². The number of benzene rings is 1. The van der Waals surface area contributed by atoms with Gasteiger partial charge in [-0.1, -0.05) is 19.9 Å². The van der Waals surface area contributed by atoms with Gasteiger partial charge in [-0.2, -0.15) is 0 Å². The van der Waals surface area contributed by atoms with E-state index in [0.717, 1.165) is 23.0 Å². The smallest absolute Gasteiger partial charge is 0.219 e. The molecular weight excluding hydrogens is 320 g/mol. The number of aryl methyl sites for hydroxylation is 2. The van der Waals surface area contributed by atoms with E-state index in [4.69, 9.17) is 4.74 Å². The number of hydrogen-bond acceptors (Lipinski definition) is 4. The van der Waals surface area contributed by atoms with E-state index >= 15 is 0 Å². The largest absolute Gasteiger partial charge is 0.486 e. The van der Waals surface area contributed by atoms with E-state index in [1.165, 1.54) is 11.1 Å². The molecule has 0 saturated heterocycles. The average molecular weight is 346 g/mol. The van der Waals surface area contributed by atoms with Gasteiger partial charge in [0.25, 0.3) is 0 Å². The Morgan fingerprint density at radius 1 is 1.29 bits per heavy atom. The van der Waals surface area contributed by atoms with Crippen LogP contribution in [0.2, 0.25) is 0 Å². The Balaban J connectivity index is 1.94. The topological polar surface area (TPSA) is 42.4 Å². The molecule has 2 rings (SSSR count). The van der Waals surface area contributed by atoms with Crippen molar-refractivity contribution < 1.29 is 9.53 Å². The lowest BCUT2D eigenvalue weighted by Gasteiger charge is -2.22. The van der Waals surface area contributed by atoms with Gasteiger partial charge < -0.3 is 9.64 Å². The van der Waals surface area contributed by atoms with Crippen LogP contribution in [0, 0.1) is 19.8 Å². The Bertz CT molecular complexity index is 694. The molecule has 130 valence electrons. The summed E-state index contributed by atoms with van der Waals surface area (Å²) < 4.78 is 5.83. The number of ether oxygens (including phenoxy) is 1. The summed E-state index contributed by atoms with van der Waals surface area (Å²) >= 11 is 1.57. The molecule has 0 radical (unpaired) electrons. The summed E-state index contributed by atoms with van der Waals surface area (Å²) in [6.07, 6.45) is 0. The highest BCUT2D eigenvalue weighted by Crippen LogP contribution is 2.19. The standard InChI is InChI=1S/C19H26N2O2S/c1-13(2)9-21(16(5)22)10-17-12-24-19(20-17)11-23-18-7-6-14(3)15(4)8-18/h6-8,12-13H,9-11H2,1-5H3. The molecule has 1 aromatic heterocycles. The van der Waals surface area contributed by atoms with Gasteiger partial charge in [0, 0.05) is 18.8 Å². The van der Waals surface area contributed by atoms with Crippen LogP contribution in [0.5, 0.6) is 5.75 Å². The van der Waals surface area contributed by atoms with Crippen molar-refractivity contribution in [2.45, 2.75) is 47.8 Å². The second-order valence-electron chi connectivity index (χ2n) is 6.56. The van der Waals surface area contributed by atoms with Gasteiger partial charge in [0.2, 0.25) is 5.91 Å². The molecule has 1 amide bonds. The molecule has 0 aliphatic rings. The summed E-state index contributed by atoms with van der Waals surface area (Å²) in [6.45, 7) is 11.8. The van der Waals surface area contributed by atoms with Crippen molar-refractivity contribution in [3.8, 4) is 5.75 Å². The normalized spacial score (nSPS) is 10.9. The number of amides is 1. The molecule has 0 spiro atoms. The lowest BCUT2D eigenvalue weighted by atomic mass is 10.1. The predicted octanol–water partition coefficient (Wildman–Crippen LogP) is 4.34. The summed E-state index contributed by atoms with van der Waals surface area (Å²) in [6, 6.07) is 6.09. The van der Waals surface area contributed by atoms with E-state index in [9.17, 15) is 4.79 Å². The van der Waals surface area contributed by atoms with E-state index in [1.807, 2.05) is 22.4 Å². The van der Waals surface area contributed by atoms with Crippen LogP contribution in [-0.2, 0) is 17.9 Å². The van der Waals surface area contributed by atoms with Crippen molar-refractivity contribution in [2.24, 2.45) is 5.92 Å². The zero-order chi connectivity index (χ0) is 17.7. The van der Waals surface area contributed by atoms with Crippen LogP contribution in [-0.4, -0.2) is 22.3 Å². The van der Waals surface area contributed by atoms with Crippen molar-refractivity contribution in [2.75, 3.05) is 6.54 Å². The van der Waals surface area contributed by atoms with E-state index in [-0.39, 0.29) is 5.91 Å². The quantitative estimate of drug-likeness (QED) is 0.749. The monoisotopic (exact) mass is 346 g/mol. The highest BCUT2D eigenvalue weighted by Gasteiger charge is 2.13. The lowest BCUT2D eigenvalue weighted by Crippen LogP contribution is -2.31. The number of carbonyl (C=O) groups is 1. The highest BCUT2D eigenvalue weighted by atomic mass is 32.1. The Kier molecular flexibility index (Phi) is 6.37. The number of nitrogens with zero attached hydrogens (tertiary/aromatic N) is 2. The molecule has 0 atom stereocenters. The number of thiazole rings is 1. The zero-order valence-electron chi connectivity index (χ0n) is 15.1. The van der Waals surface area contributed by atoms with Crippen LogP contribution in [0.25, 0.3) is 0 Å². The molecule has 0 fully saturated rings. The van der Waals surface area contributed by atoms with Crippen LogP contribution in [0.3, 0.4) is 0 Å². The fourth-order valence-electron chi connectivity index (χ4n) is 2.38. The Morgan fingerprint density at radius 3 is 2.67 bits per heavy atom. The van der Waals surface area contributed by atoms with Crippen LogP contribution in [0.4, 0.5) is 0 Å². The third kappa shape index (κ3) is 5.34. The molecule has 0 bridgehead atoms. The van der Waals surface area contributed by atoms with Gasteiger partial charge in [-0.15, -0.1) is 11.3 Å². The molecule has 0 unspecified atom stereocenters. The van der Waals surface area contributed by atoms with E-state index in [1.54, 1.807) is 18.3 Å². The third-order valence-electron chi connectivity index (χ3n) is 3.82. The van der Waals surface area contributed by atoms with E-state index in [0.29, 0.717) is 19.1 Å². The fraction of sp³-hybridized carbons (Fsp3) is 0.474. The number of hydrogen-bond donors (Lipinski definition) is 0. The summed E-state index contributed by atoms with van der Waals surface area (Å²) in [5, 5.41) is 2.94. The molecule has 4 nitrogen and oxygen atoms in total. The van der Waals surface area contributed by atoms with Gasteiger partial charge in [-0.25, -0.2) is 4.98 Å². The third-order valence-corrected chi connectivity index (χ3v) is 4.69. The first-order valence-electron chi connectivity index (χ1n) is 8.24. The minimum Gasteiger partial charge on any atom is -0.486 e. The van der Waals surface area contributed by atoms with Crippen molar-refractivity contribution >= 4 is 17.2 Å². The predicted molar refractivity (Wildman–Crippen MR) is 98.3 cm³/mol. The minimum atomic E-state index is 0.0876. The van der Waals surface area contributed by atoms with Gasteiger partial charge in [0.1, 0.15) is 17.4 Å². The fourth-order valence-corrected chi connectivity index (χ4v) is 3.07. The van der Waals surface area contributed by atoms with Gasteiger partial charge in [-0.05, 0) is 43.0 Å². The molecule has 2 aromatic rings. The van der Waals surface area contributed by atoms with Gasteiger partial charge in [-0.3, -0.25) is 4.79 Å². The first kappa shape index (κ1) is 18.5. The molecule has 24 heavy (non-hydrogen) atoms. The Hall–Kier alpha value is -1.88.